The molecule has 1 N–H and O–H groups in total. The molecule has 136 valence electrons. The topological polar surface area (TPSA) is 67.9 Å². The molecule has 3 rings (SSSR count). The van der Waals surface area contributed by atoms with Crippen LogP contribution in [0, 0.1) is 5.92 Å². The Bertz CT molecular complexity index is 815. The smallest absolute Gasteiger partial charge is 0.265 e. The molecule has 26 heavy (non-hydrogen) atoms. The van der Waals surface area contributed by atoms with E-state index in [1.807, 2.05) is 0 Å². The van der Waals surface area contributed by atoms with E-state index >= 15 is 0 Å². The first-order chi connectivity index (χ1) is 12.5. The van der Waals surface area contributed by atoms with Crippen LogP contribution in [0.5, 0.6) is 11.5 Å². The Morgan fingerprint density at radius 2 is 1.96 bits per heavy atom. The van der Waals surface area contributed by atoms with Crippen molar-refractivity contribution in [2.75, 3.05) is 30.5 Å². The molecule has 0 saturated carbocycles. The largest absolute Gasteiger partial charge is 0.497 e. The van der Waals surface area contributed by atoms with E-state index in [9.17, 15) is 9.59 Å². The third-order valence-electron chi connectivity index (χ3n) is 4.06. The van der Waals surface area contributed by atoms with Crippen LogP contribution in [0.1, 0.15) is 24.2 Å². The van der Waals surface area contributed by atoms with Crippen LogP contribution < -0.4 is 19.7 Å². The van der Waals surface area contributed by atoms with Gasteiger partial charge in [-0.25, -0.2) is 0 Å². The Morgan fingerprint density at radius 3 is 2.62 bits per heavy atom. The molecule has 0 bridgehead atoms. The van der Waals surface area contributed by atoms with Crippen LogP contribution in [-0.2, 0) is 4.79 Å². The fourth-order valence-electron chi connectivity index (χ4n) is 2.79. The van der Waals surface area contributed by atoms with Gasteiger partial charge in [-0.2, -0.15) is 0 Å². The Balaban J connectivity index is 1.78. The number of ether oxygens (including phenoxy) is 2. The Morgan fingerprint density at radius 1 is 1.23 bits per heavy atom. The second-order valence-electron chi connectivity index (χ2n) is 6.55. The number of rotatable bonds is 5. The lowest BCUT2D eigenvalue weighted by Gasteiger charge is -2.31. The van der Waals surface area contributed by atoms with Crippen LogP contribution in [0.15, 0.2) is 42.5 Å². The van der Waals surface area contributed by atoms with Crippen molar-refractivity contribution in [3.8, 4) is 11.5 Å². The zero-order valence-corrected chi connectivity index (χ0v) is 15.1. The van der Waals surface area contributed by atoms with Crippen LogP contribution in [0.2, 0.25) is 0 Å². The number of nitrogens with one attached hydrogen (secondary N) is 1. The van der Waals surface area contributed by atoms with Gasteiger partial charge < -0.3 is 19.7 Å². The summed E-state index contributed by atoms with van der Waals surface area (Å²) >= 11 is 0. The number of nitrogens with zero attached hydrogens (tertiary/aromatic N) is 1. The summed E-state index contributed by atoms with van der Waals surface area (Å²) in [5.74, 6) is 1.36. The predicted molar refractivity (Wildman–Crippen MR) is 100 cm³/mol. The number of carbonyl (C=O) groups is 2. The quantitative estimate of drug-likeness (QED) is 0.894. The van der Waals surface area contributed by atoms with E-state index in [4.69, 9.17) is 9.47 Å². The van der Waals surface area contributed by atoms with Crippen molar-refractivity contribution in [3.63, 3.8) is 0 Å². The fraction of sp³-hybridized carbons (Fsp3) is 0.300. The highest BCUT2D eigenvalue weighted by molar-refractivity contribution is 6.05. The fourth-order valence-corrected chi connectivity index (χ4v) is 2.79. The van der Waals surface area contributed by atoms with Crippen LogP contribution in [0.3, 0.4) is 0 Å². The van der Waals surface area contributed by atoms with Gasteiger partial charge in [-0.1, -0.05) is 13.8 Å². The van der Waals surface area contributed by atoms with Gasteiger partial charge in [0.25, 0.3) is 11.8 Å². The maximum atomic E-state index is 12.4. The summed E-state index contributed by atoms with van der Waals surface area (Å²) in [6.07, 6.45) is 0. The third-order valence-corrected chi connectivity index (χ3v) is 4.06. The third kappa shape index (κ3) is 3.79. The van der Waals surface area contributed by atoms with Gasteiger partial charge in [-0.05, 0) is 42.3 Å². The predicted octanol–water partition coefficient (Wildman–Crippen LogP) is 3.33. The summed E-state index contributed by atoms with van der Waals surface area (Å²) in [7, 11) is 1.58. The molecule has 2 aromatic rings. The number of benzene rings is 2. The van der Waals surface area contributed by atoms with Crippen molar-refractivity contribution >= 4 is 23.2 Å². The van der Waals surface area contributed by atoms with Gasteiger partial charge in [0.05, 0.1) is 12.8 Å². The van der Waals surface area contributed by atoms with Crippen molar-refractivity contribution < 1.29 is 19.1 Å². The molecule has 1 aliphatic rings. The maximum absolute atomic E-state index is 12.4. The van der Waals surface area contributed by atoms with Crippen molar-refractivity contribution in [1.29, 1.82) is 0 Å². The molecular formula is C20H22N2O4. The maximum Gasteiger partial charge on any atom is 0.265 e. The highest BCUT2D eigenvalue weighted by Gasteiger charge is 2.26. The zero-order valence-electron chi connectivity index (χ0n) is 15.1. The van der Waals surface area contributed by atoms with E-state index in [2.05, 4.69) is 19.2 Å². The lowest BCUT2D eigenvalue weighted by Crippen LogP contribution is -2.40. The summed E-state index contributed by atoms with van der Waals surface area (Å²) in [6, 6.07) is 12.2. The molecule has 0 saturated heterocycles. The molecular weight excluding hydrogens is 332 g/mol. The van der Waals surface area contributed by atoms with E-state index in [1.54, 1.807) is 54.5 Å². The first-order valence-electron chi connectivity index (χ1n) is 8.50. The molecule has 0 radical (unpaired) electrons. The first-order valence-corrected chi connectivity index (χ1v) is 8.50. The van der Waals surface area contributed by atoms with Gasteiger partial charge >= 0.3 is 0 Å². The monoisotopic (exact) mass is 354 g/mol. The molecule has 1 aliphatic heterocycles. The van der Waals surface area contributed by atoms with Crippen LogP contribution >= 0.6 is 0 Å². The SMILES string of the molecule is COc1ccc(C(=O)Nc2ccc3c(c2)OCC(=O)N3CC(C)C)cc1. The number of fused-ring (bicyclic) bond motifs is 1. The normalized spacial score (nSPS) is 13.2. The second kappa shape index (κ2) is 7.47. The van der Waals surface area contributed by atoms with Crippen LogP contribution in [0.25, 0.3) is 0 Å². The minimum atomic E-state index is -0.224. The number of anilines is 2. The Kier molecular flexibility index (Phi) is 5.11. The highest BCUT2D eigenvalue weighted by atomic mass is 16.5. The average Bonchev–Trinajstić information content (AvgIpc) is 2.64. The lowest BCUT2D eigenvalue weighted by atomic mass is 10.1. The van der Waals surface area contributed by atoms with Gasteiger partial charge in [0.15, 0.2) is 6.61 Å². The Labute approximate surface area is 152 Å². The first kappa shape index (κ1) is 17.8. The van der Waals surface area contributed by atoms with E-state index in [-0.39, 0.29) is 18.4 Å². The average molecular weight is 354 g/mol. The van der Waals surface area contributed by atoms with Crippen molar-refractivity contribution in [3.05, 3.63) is 48.0 Å². The van der Waals surface area contributed by atoms with Gasteiger partial charge in [-0.3, -0.25) is 9.59 Å². The van der Waals surface area contributed by atoms with Gasteiger partial charge in [0.2, 0.25) is 0 Å². The van der Waals surface area contributed by atoms with E-state index in [0.717, 1.165) is 5.69 Å². The lowest BCUT2D eigenvalue weighted by molar-refractivity contribution is -0.121. The minimum absolute atomic E-state index is 0.00952. The standard InChI is InChI=1S/C20H22N2O4/c1-13(2)11-22-17-9-6-15(10-18(17)26-12-19(22)23)21-20(24)14-4-7-16(25-3)8-5-14/h4-10,13H,11-12H2,1-3H3,(H,21,24). The zero-order chi connectivity index (χ0) is 18.7. The summed E-state index contributed by atoms with van der Waals surface area (Å²) in [5.41, 5.74) is 1.88. The molecule has 1 heterocycles. The summed E-state index contributed by atoms with van der Waals surface area (Å²) in [5, 5.41) is 2.85. The second-order valence-corrected chi connectivity index (χ2v) is 6.55. The van der Waals surface area contributed by atoms with Crippen LogP contribution in [0.4, 0.5) is 11.4 Å². The van der Waals surface area contributed by atoms with Crippen LogP contribution in [-0.4, -0.2) is 32.1 Å². The van der Waals surface area contributed by atoms with Crippen molar-refractivity contribution in [1.82, 2.24) is 0 Å². The molecule has 0 unspecified atom stereocenters. The molecule has 0 aromatic heterocycles. The number of carbonyl (C=O) groups excluding carboxylic acids is 2. The van der Waals surface area contributed by atoms with Gasteiger partial charge in [0.1, 0.15) is 11.5 Å². The van der Waals surface area contributed by atoms with Gasteiger partial charge in [-0.15, -0.1) is 0 Å². The Hall–Kier alpha value is -3.02. The number of hydrogen-bond acceptors (Lipinski definition) is 4. The molecule has 0 aliphatic carbocycles. The summed E-state index contributed by atoms with van der Waals surface area (Å²) in [4.78, 5) is 26.2. The molecule has 6 nitrogen and oxygen atoms in total. The molecule has 0 fully saturated rings. The van der Waals surface area contributed by atoms with Gasteiger partial charge in [0, 0.05) is 23.9 Å². The molecule has 0 atom stereocenters. The molecule has 6 heteroatoms. The number of methoxy groups -OCH3 is 1. The minimum Gasteiger partial charge on any atom is -0.497 e. The van der Waals surface area contributed by atoms with E-state index in [1.165, 1.54) is 0 Å². The van der Waals surface area contributed by atoms with E-state index in [0.29, 0.717) is 35.2 Å². The summed E-state index contributed by atoms with van der Waals surface area (Å²) in [6.45, 7) is 4.76. The molecule has 2 amide bonds. The van der Waals surface area contributed by atoms with Crippen molar-refractivity contribution in [2.45, 2.75) is 13.8 Å². The van der Waals surface area contributed by atoms with Crippen molar-refractivity contribution in [2.24, 2.45) is 5.92 Å². The molecule has 2 aromatic carbocycles. The number of hydrogen-bond donors (Lipinski definition) is 1. The highest BCUT2D eigenvalue weighted by Crippen LogP contribution is 2.35. The number of amides is 2. The van der Waals surface area contributed by atoms with E-state index < -0.39 is 0 Å². The molecule has 0 spiro atoms. The summed E-state index contributed by atoms with van der Waals surface area (Å²) < 4.78 is 10.6.